The zero-order valence-corrected chi connectivity index (χ0v) is 18.5. The van der Waals surface area contributed by atoms with Gasteiger partial charge in [-0.3, -0.25) is 0 Å². The van der Waals surface area contributed by atoms with E-state index in [2.05, 4.69) is 10.3 Å². The second kappa shape index (κ2) is 8.40. The molecule has 1 unspecified atom stereocenters. The van der Waals surface area contributed by atoms with Crippen LogP contribution in [0.15, 0.2) is 33.9 Å². The maximum atomic E-state index is 12.9. The van der Waals surface area contributed by atoms with E-state index < -0.39 is 27.7 Å². The van der Waals surface area contributed by atoms with Crippen LogP contribution in [0.2, 0.25) is 0 Å². The molecule has 0 fully saturated rings. The number of aromatic nitrogens is 2. The van der Waals surface area contributed by atoms with Gasteiger partial charge in [-0.2, -0.15) is 0 Å². The molecule has 0 spiro atoms. The normalized spacial score (nSPS) is 17.4. The monoisotopic (exact) mass is 425 g/mol. The van der Waals surface area contributed by atoms with E-state index in [1.54, 1.807) is 13.8 Å². The number of sulfone groups is 1. The molecule has 160 valence electrons. The number of hydrogen-bond acceptors (Lipinski definition) is 8. The molecule has 1 aromatic rings. The van der Waals surface area contributed by atoms with Crippen molar-refractivity contribution < 1.29 is 27.5 Å². The molecule has 0 aliphatic carbocycles. The molecule has 1 aromatic heterocycles. The van der Waals surface area contributed by atoms with Crippen LogP contribution in [0.1, 0.15) is 39.3 Å². The van der Waals surface area contributed by atoms with Crippen LogP contribution in [0, 0.1) is 5.92 Å². The molecule has 0 saturated carbocycles. The maximum Gasteiger partial charge on any atom is 0.336 e. The number of esters is 2. The van der Waals surface area contributed by atoms with E-state index in [4.69, 9.17) is 9.47 Å². The number of methoxy groups -OCH3 is 1. The molecule has 0 radical (unpaired) electrons. The SMILES string of the molecule is COC(=O)C1=C(C)NC(C)=C(C(=O)OCC(C)C)C1c1cnc(S(C)(=O)=O)n1C. The third-order valence-corrected chi connectivity index (χ3v) is 5.58. The van der Waals surface area contributed by atoms with E-state index in [9.17, 15) is 18.0 Å². The highest BCUT2D eigenvalue weighted by Gasteiger charge is 2.40. The third-order valence-electron chi connectivity index (χ3n) is 4.54. The molecule has 0 saturated heterocycles. The molecule has 1 N–H and O–H groups in total. The van der Waals surface area contributed by atoms with Crippen LogP contribution in [0.4, 0.5) is 0 Å². The number of imidazole rings is 1. The van der Waals surface area contributed by atoms with Gasteiger partial charge in [0.05, 0.1) is 42.7 Å². The summed E-state index contributed by atoms with van der Waals surface area (Å²) < 4.78 is 35.8. The topological polar surface area (TPSA) is 117 Å². The average Bonchev–Trinajstić information content (AvgIpc) is 2.99. The Labute approximate surface area is 170 Å². The highest BCUT2D eigenvalue weighted by molar-refractivity contribution is 7.90. The Hall–Kier alpha value is -2.62. The van der Waals surface area contributed by atoms with Crippen molar-refractivity contribution in [3.05, 3.63) is 34.4 Å². The smallest absolute Gasteiger partial charge is 0.336 e. The molecule has 0 bridgehead atoms. The lowest BCUT2D eigenvalue weighted by atomic mass is 9.83. The standard InChI is InChI=1S/C19H27N3O6S/c1-10(2)9-28-18(24)15-12(4)21-11(3)14(17(23)27-6)16(15)13-8-20-19(22(13)5)29(7,25)26/h8,10,16,21H,9H2,1-7H3. The third kappa shape index (κ3) is 4.52. The molecular formula is C19H27N3O6S. The molecule has 0 amide bonds. The highest BCUT2D eigenvalue weighted by Crippen LogP contribution is 2.39. The summed E-state index contributed by atoms with van der Waals surface area (Å²) >= 11 is 0. The first-order valence-electron chi connectivity index (χ1n) is 9.05. The number of hydrogen-bond donors (Lipinski definition) is 1. The van der Waals surface area contributed by atoms with Gasteiger partial charge in [0.15, 0.2) is 0 Å². The van der Waals surface area contributed by atoms with Crippen molar-refractivity contribution >= 4 is 21.8 Å². The Morgan fingerprint density at radius 2 is 1.76 bits per heavy atom. The predicted octanol–water partition coefficient (Wildman–Crippen LogP) is 1.43. The van der Waals surface area contributed by atoms with Crippen molar-refractivity contribution in [1.82, 2.24) is 14.9 Å². The van der Waals surface area contributed by atoms with Gasteiger partial charge >= 0.3 is 11.9 Å². The maximum absolute atomic E-state index is 12.9. The van der Waals surface area contributed by atoms with Crippen LogP contribution < -0.4 is 5.32 Å². The first-order valence-corrected chi connectivity index (χ1v) is 10.9. The molecule has 29 heavy (non-hydrogen) atoms. The van der Waals surface area contributed by atoms with E-state index in [1.807, 2.05) is 13.8 Å². The van der Waals surface area contributed by atoms with Crippen LogP contribution in [-0.4, -0.2) is 49.9 Å². The lowest BCUT2D eigenvalue weighted by Gasteiger charge is -2.30. The summed E-state index contributed by atoms with van der Waals surface area (Å²) in [6.45, 7) is 7.42. The fraction of sp³-hybridized carbons (Fsp3) is 0.526. The van der Waals surface area contributed by atoms with Crippen molar-refractivity contribution in [2.75, 3.05) is 20.0 Å². The summed E-state index contributed by atoms with van der Waals surface area (Å²) in [5.41, 5.74) is 1.78. The average molecular weight is 426 g/mol. The summed E-state index contributed by atoms with van der Waals surface area (Å²) in [7, 11) is -0.841. The first-order chi connectivity index (χ1) is 13.4. The molecule has 0 aromatic carbocycles. The predicted molar refractivity (Wildman–Crippen MR) is 105 cm³/mol. The highest BCUT2D eigenvalue weighted by atomic mass is 32.2. The minimum absolute atomic E-state index is 0.126. The lowest BCUT2D eigenvalue weighted by Crippen LogP contribution is -2.33. The Kier molecular flexibility index (Phi) is 6.56. The lowest BCUT2D eigenvalue weighted by molar-refractivity contribution is -0.140. The molecule has 1 atom stereocenters. The summed E-state index contributed by atoms with van der Waals surface area (Å²) in [5, 5.41) is 2.86. The van der Waals surface area contributed by atoms with Gasteiger partial charge in [-0.1, -0.05) is 13.8 Å². The number of ether oxygens (including phenoxy) is 2. The van der Waals surface area contributed by atoms with Crippen molar-refractivity contribution in [1.29, 1.82) is 0 Å². The Morgan fingerprint density at radius 3 is 2.21 bits per heavy atom. The fourth-order valence-corrected chi connectivity index (χ4v) is 4.13. The first kappa shape index (κ1) is 22.7. The van der Waals surface area contributed by atoms with E-state index in [-0.39, 0.29) is 28.8 Å². The number of carbonyl (C=O) groups excluding carboxylic acids is 2. The minimum atomic E-state index is -3.61. The minimum Gasteiger partial charge on any atom is -0.466 e. The largest absolute Gasteiger partial charge is 0.466 e. The van der Waals surface area contributed by atoms with Gasteiger partial charge in [0.1, 0.15) is 0 Å². The van der Waals surface area contributed by atoms with Gasteiger partial charge in [0.2, 0.25) is 15.0 Å². The van der Waals surface area contributed by atoms with E-state index in [0.29, 0.717) is 17.1 Å². The fourth-order valence-electron chi connectivity index (χ4n) is 3.28. The van der Waals surface area contributed by atoms with Crippen molar-refractivity contribution in [2.24, 2.45) is 13.0 Å². The number of nitrogens with one attached hydrogen (secondary N) is 1. The molecule has 2 rings (SSSR count). The van der Waals surface area contributed by atoms with Crippen LogP contribution in [0.3, 0.4) is 0 Å². The molecule has 2 heterocycles. The number of dihydropyridines is 1. The van der Waals surface area contributed by atoms with Crippen molar-refractivity contribution in [3.8, 4) is 0 Å². The summed E-state index contributed by atoms with van der Waals surface area (Å²) in [6.07, 6.45) is 2.40. The van der Waals surface area contributed by atoms with Gasteiger partial charge < -0.3 is 19.4 Å². The molecule has 1 aliphatic heterocycles. The summed E-state index contributed by atoms with van der Waals surface area (Å²) in [6, 6.07) is 0. The van der Waals surface area contributed by atoms with E-state index in [0.717, 1.165) is 6.26 Å². The second-order valence-corrected chi connectivity index (χ2v) is 9.33. The summed E-state index contributed by atoms with van der Waals surface area (Å²) in [4.78, 5) is 29.5. The Balaban J connectivity index is 2.70. The molecule has 9 nitrogen and oxygen atoms in total. The van der Waals surface area contributed by atoms with Crippen LogP contribution >= 0.6 is 0 Å². The summed E-state index contributed by atoms with van der Waals surface area (Å²) in [5.74, 6) is -1.99. The van der Waals surface area contributed by atoms with Gasteiger partial charge in [-0.15, -0.1) is 0 Å². The van der Waals surface area contributed by atoms with Gasteiger partial charge in [-0.05, 0) is 19.8 Å². The quantitative estimate of drug-likeness (QED) is 0.681. The zero-order chi connectivity index (χ0) is 22.1. The molecule has 1 aliphatic rings. The van der Waals surface area contributed by atoms with Gasteiger partial charge in [0.25, 0.3) is 0 Å². The van der Waals surface area contributed by atoms with Crippen LogP contribution in [-0.2, 0) is 35.9 Å². The van der Waals surface area contributed by atoms with E-state index >= 15 is 0 Å². The van der Waals surface area contributed by atoms with Crippen molar-refractivity contribution in [2.45, 2.75) is 38.8 Å². The number of allylic oxidation sites excluding steroid dienone is 2. The Bertz CT molecular complexity index is 1000. The number of rotatable bonds is 6. The van der Waals surface area contributed by atoms with Crippen LogP contribution in [0.25, 0.3) is 0 Å². The van der Waals surface area contributed by atoms with Crippen LogP contribution in [0.5, 0.6) is 0 Å². The van der Waals surface area contributed by atoms with E-state index in [1.165, 1.54) is 24.9 Å². The van der Waals surface area contributed by atoms with Gasteiger partial charge in [0, 0.05) is 24.7 Å². The molecular weight excluding hydrogens is 398 g/mol. The zero-order valence-electron chi connectivity index (χ0n) is 17.7. The number of carbonyl (C=O) groups is 2. The molecule has 10 heteroatoms. The Morgan fingerprint density at radius 1 is 1.21 bits per heavy atom. The second-order valence-electron chi connectivity index (χ2n) is 7.42. The van der Waals surface area contributed by atoms with Gasteiger partial charge in [-0.25, -0.2) is 23.0 Å². The van der Waals surface area contributed by atoms with Crippen molar-refractivity contribution in [3.63, 3.8) is 0 Å². The number of nitrogens with zero attached hydrogens (tertiary/aromatic N) is 2.